The molecule has 0 spiro atoms. The third-order valence-corrected chi connectivity index (χ3v) is 19.6. The average molecular weight is 1520 g/mol. The number of hydrogen-bond acceptors (Lipinski definition) is 22. The predicted octanol–water partition coefficient (Wildman–Crippen LogP) is -6.58. The number of likely N-dealkylation sites (N-methyl/N-ethyl adjacent to an activating group) is 1. The molecule has 0 aliphatic carbocycles. The van der Waals surface area contributed by atoms with Gasteiger partial charge in [0.2, 0.25) is 82.7 Å². The minimum absolute atomic E-state index is 0.00504. The van der Waals surface area contributed by atoms with Crippen LogP contribution in [0.25, 0.3) is 0 Å². The second-order valence-electron chi connectivity index (χ2n) is 25.3. The van der Waals surface area contributed by atoms with Crippen LogP contribution >= 0.6 is 23.5 Å². The van der Waals surface area contributed by atoms with Gasteiger partial charge in [-0.25, -0.2) is 0 Å². The molecule has 21 N–H and O–H groups in total. The highest BCUT2D eigenvalue weighted by Gasteiger charge is 2.41. The normalized spacial score (nSPS) is 21.7. The average Bonchev–Trinajstić information content (AvgIpc) is 1.79. The highest BCUT2D eigenvalue weighted by atomic mass is 32.2. The molecule has 0 aromatic heterocycles. The van der Waals surface area contributed by atoms with Gasteiger partial charge in [-0.1, -0.05) is 42.5 Å². The van der Waals surface area contributed by atoms with E-state index in [0.717, 1.165) is 30.5 Å². The number of aliphatic carboxylic acids is 1. The minimum atomic E-state index is -5.19. The first-order valence-electron chi connectivity index (χ1n) is 33.9. The molecule has 2 aromatic rings. The van der Waals surface area contributed by atoms with E-state index >= 15 is 4.79 Å². The zero-order valence-corrected chi connectivity index (χ0v) is 59.7. The smallest absolute Gasteiger partial charge is 0.430 e. The lowest BCUT2D eigenvalue weighted by molar-refractivity contribution is -0.917. The van der Waals surface area contributed by atoms with Gasteiger partial charge in [-0.2, -0.15) is 36.7 Å². The second kappa shape index (κ2) is 45.1. The molecule has 14 amide bonds. The molecule has 3 aliphatic rings. The Kier molecular flexibility index (Phi) is 37.8. The van der Waals surface area contributed by atoms with Crippen LogP contribution in [-0.4, -0.2) is 259 Å². The number of unbranched alkanes of at least 4 members (excludes halogenated alkanes) is 2. The molecule has 582 valence electrons. The molecule has 0 radical (unpaired) electrons. The van der Waals surface area contributed by atoms with Crippen molar-refractivity contribution in [1.29, 1.82) is 0 Å². The Morgan fingerprint density at radius 1 is 0.676 bits per heavy atom. The van der Waals surface area contributed by atoms with Crippen LogP contribution < -0.4 is 86.9 Å². The molecule has 0 bridgehead atoms. The van der Waals surface area contributed by atoms with Crippen molar-refractivity contribution in [1.82, 2.24) is 58.1 Å². The quantitative estimate of drug-likeness (QED) is 0.0255. The summed E-state index contributed by atoms with van der Waals surface area (Å²) >= 11 is 2.44. The summed E-state index contributed by atoms with van der Waals surface area (Å²) in [6.07, 6.45) is -4.31. The van der Waals surface area contributed by atoms with Gasteiger partial charge < -0.3 is 111 Å². The zero-order valence-electron chi connectivity index (χ0n) is 58.1. The molecule has 9 atom stereocenters. The van der Waals surface area contributed by atoms with Crippen molar-refractivity contribution < 1.29 is 105 Å². The SMILES string of the molecule is C[N+]1(CCCCC2CSC[C@H](NC(=O)CNC(=O)CNC(=O)CN)C(=O)N[C@@H](Cc3ccc(O)cc3)C(=O)N[C@@H](Cc3ccccc3)C(=O)N[C@@H](CCC(N)=O)C(=O)N[C@@H](CC(N)=O)C(=O)N[C@H](C(=O)N3CCC[C@H]3C(=O)N[C@@H](CCCCN)C(=O)NCC(N)=O)CS2)CCOCC1.O=C([O-])C(F)(F)F. The fraction of sp³-hybridized carbons (Fsp3) is 0.585. The molecule has 40 heteroatoms. The van der Waals surface area contributed by atoms with E-state index in [-0.39, 0.29) is 61.8 Å². The molecular formula is C65H96F3N17O18S2. The van der Waals surface area contributed by atoms with E-state index in [9.17, 15) is 80.6 Å². The largest absolute Gasteiger partial charge is 0.542 e. The fourth-order valence-corrected chi connectivity index (χ4v) is 13.8. The third-order valence-electron chi connectivity index (χ3n) is 16.8. The Bertz CT molecular complexity index is 3310. The van der Waals surface area contributed by atoms with Gasteiger partial charge in [-0.05, 0) is 87.6 Å². The number of alkyl halides is 3. The molecule has 35 nitrogen and oxygen atoms in total. The van der Waals surface area contributed by atoms with Gasteiger partial charge >= 0.3 is 6.18 Å². The molecule has 3 fully saturated rings. The summed E-state index contributed by atoms with van der Waals surface area (Å²) in [6.45, 7) is 1.70. The topological polar surface area (TPSA) is 562 Å². The molecule has 0 saturated carbocycles. The van der Waals surface area contributed by atoms with Gasteiger partial charge in [0.1, 0.15) is 73.1 Å². The Morgan fingerprint density at radius 3 is 1.86 bits per heavy atom. The number of nitrogens with zero attached hydrogens (tertiary/aromatic N) is 2. The zero-order chi connectivity index (χ0) is 77.8. The first kappa shape index (κ1) is 88.0. The maximum atomic E-state index is 15.3. The molecule has 5 rings (SSSR count). The third kappa shape index (κ3) is 33.1. The second-order valence-corrected chi connectivity index (χ2v) is 27.7. The number of rotatable bonds is 30. The van der Waals surface area contributed by atoms with Crippen molar-refractivity contribution in [2.75, 3.05) is 96.4 Å². The van der Waals surface area contributed by atoms with Crippen LogP contribution in [0.15, 0.2) is 54.6 Å². The highest BCUT2D eigenvalue weighted by Crippen LogP contribution is 2.27. The summed E-state index contributed by atoms with van der Waals surface area (Å²) < 4.78 is 37.9. The number of aromatic hydroxyl groups is 1. The van der Waals surface area contributed by atoms with Crippen molar-refractivity contribution in [2.45, 2.75) is 143 Å². The standard InChI is InChI=1S/C63H95N17O16S2.C2HF3O2/c1-80(24-26-96-27-25-80)23-8-6-12-41-35-97-36-47(72-55(87)34-70-54(86)33-69-53(85)31-65)61(93)76-45(29-39-15-17-40(81)18-16-39)59(91)75-44(28-38-10-3-2-4-11-38)58(90)73-43(19-20-50(66)82)57(89)77-46(30-51(67)83)60(92)78-48(37-98-41)63(95)79-22-9-14-49(79)62(94)74-42(13-5-7-21-64)56(88)71-32-52(68)84;3-2(4,5)1(6)7/h2-4,10-11,15-18,41-49H,5-9,12-14,19-37,64-65H2,1H3,(H16-,66,67,68,69,70,71,72,73,74,75,76,77,78,81,82,83,84,85,86,87,88,89,90,91,92,93,94);(H,6,7)/t41?,42-,43-,44-,45-,46-,47-,48-,49-;/m0./s1. The molecule has 3 heterocycles. The number of phenolic OH excluding ortho intramolecular Hbond substituents is 1. The van der Waals surface area contributed by atoms with Crippen LogP contribution in [0.4, 0.5) is 13.2 Å². The molecule has 1 unspecified atom stereocenters. The minimum Gasteiger partial charge on any atom is -0.542 e. The number of phenols is 1. The number of nitrogens with two attached hydrogens (primary N) is 5. The molecule has 3 aliphatic heterocycles. The van der Waals surface area contributed by atoms with Crippen LogP contribution in [0.2, 0.25) is 0 Å². The van der Waals surface area contributed by atoms with Crippen molar-refractivity contribution in [2.24, 2.45) is 28.7 Å². The Hall–Kier alpha value is -9.38. The summed E-state index contributed by atoms with van der Waals surface area (Å²) in [5.74, 6) is -15.7. The maximum absolute atomic E-state index is 15.3. The van der Waals surface area contributed by atoms with E-state index in [4.69, 9.17) is 43.3 Å². The van der Waals surface area contributed by atoms with Gasteiger partial charge in [-0.3, -0.25) is 67.1 Å². The number of carboxylic acid groups (broad SMARTS) is 1. The van der Waals surface area contributed by atoms with Gasteiger partial charge in [0, 0.05) is 48.3 Å². The van der Waals surface area contributed by atoms with Crippen molar-refractivity contribution >= 4 is 112 Å². The number of carbonyl (C=O) groups excluding carboxylic acids is 15. The number of halogens is 3. The first-order valence-corrected chi connectivity index (χ1v) is 36.1. The highest BCUT2D eigenvalue weighted by molar-refractivity contribution is 8.03. The maximum Gasteiger partial charge on any atom is 0.430 e. The van der Waals surface area contributed by atoms with Crippen LogP contribution in [-0.2, 0) is 89.5 Å². The summed E-state index contributed by atoms with van der Waals surface area (Å²) in [7, 11) is 2.14. The molecule has 3 saturated heterocycles. The lowest BCUT2D eigenvalue weighted by Crippen LogP contribution is -2.61. The van der Waals surface area contributed by atoms with Gasteiger partial charge in [0.05, 0.1) is 59.4 Å². The Labute approximate surface area is 612 Å². The number of nitrogens with one attached hydrogen (secondary N) is 10. The van der Waals surface area contributed by atoms with Gasteiger partial charge in [-0.15, -0.1) is 0 Å². The van der Waals surface area contributed by atoms with E-state index in [0.29, 0.717) is 56.4 Å². The summed E-state index contributed by atoms with van der Waals surface area (Å²) in [5.41, 5.74) is 28.6. The number of likely N-dealkylation sites (tertiary alicyclic amines) is 1. The van der Waals surface area contributed by atoms with Crippen LogP contribution in [0.3, 0.4) is 0 Å². The monoisotopic (exact) mass is 1520 g/mol. The lowest BCUT2D eigenvalue weighted by Gasteiger charge is -2.37. The number of primary amides is 3. The van der Waals surface area contributed by atoms with E-state index in [2.05, 4.69) is 60.2 Å². The van der Waals surface area contributed by atoms with E-state index in [1.807, 2.05) is 0 Å². The fourth-order valence-electron chi connectivity index (χ4n) is 11.0. The molecule has 2 aromatic carbocycles. The number of quaternary nitrogens is 1. The number of carboxylic acids is 1. The number of thioether (sulfide) groups is 2. The summed E-state index contributed by atoms with van der Waals surface area (Å²) in [6, 6.07) is 1.94. The van der Waals surface area contributed by atoms with Gasteiger partial charge in [0.25, 0.3) is 0 Å². The van der Waals surface area contributed by atoms with E-state index < -0.39 is 194 Å². The van der Waals surface area contributed by atoms with E-state index in [1.54, 1.807) is 30.3 Å². The molecule has 105 heavy (non-hydrogen) atoms. The first-order chi connectivity index (χ1) is 49.7. The Balaban J connectivity index is 0.00000316. The van der Waals surface area contributed by atoms with Crippen molar-refractivity contribution in [3.8, 4) is 5.75 Å². The van der Waals surface area contributed by atoms with Crippen molar-refractivity contribution in [3.05, 3.63) is 65.7 Å². The Morgan fingerprint density at radius 2 is 1.26 bits per heavy atom. The number of morpholine rings is 1. The number of ether oxygens (including phenoxy) is 1. The summed E-state index contributed by atoms with van der Waals surface area (Å²) in [4.78, 5) is 203. The van der Waals surface area contributed by atoms with Crippen molar-refractivity contribution in [3.63, 3.8) is 0 Å². The van der Waals surface area contributed by atoms with Crippen LogP contribution in [0.5, 0.6) is 5.75 Å². The number of carbonyl (C=O) groups is 15. The molecular weight excluding hydrogens is 1430 g/mol. The van der Waals surface area contributed by atoms with Gasteiger partial charge in [0.15, 0.2) is 0 Å². The van der Waals surface area contributed by atoms with Crippen LogP contribution in [0, 0.1) is 0 Å². The van der Waals surface area contributed by atoms with Crippen LogP contribution in [0.1, 0.15) is 81.8 Å². The van der Waals surface area contributed by atoms with E-state index in [1.165, 1.54) is 52.7 Å². The number of amides is 14. The lowest BCUT2D eigenvalue weighted by atomic mass is 10.0. The predicted molar refractivity (Wildman–Crippen MR) is 373 cm³/mol. The summed E-state index contributed by atoms with van der Waals surface area (Å²) in [5, 5.41) is 44.2. The number of hydrogen-bond donors (Lipinski definition) is 16. The number of benzene rings is 2.